The lowest BCUT2D eigenvalue weighted by molar-refractivity contribution is 0.0603. The van der Waals surface area contributed by atoms with Gasteiger partial charge in [-0.15, -0.1) is 0 Å². The van der Waals surface area contributed by atoms with Crippen LogP contribution in [0.15, 0.2) is 0 Å². The minimum atomic E-state index is -0.445. The Bertz CT molecular complexity index is 436. The summed E-state index contributed by atoms with van der Waals surface area (Å²) in [6, 6.07) is 0.372. The molecule has 0 aromatic carbocycles. The molecule has 6 nitrogen and oxygen atoms in total. The molecule has 0 bridgehead atoms. The molecule has 1 aliphatic carbocycles. The smallest absolute Gasteiger partial charge is 0.345 e. The van der Waals surface area contributed by atoms with Crippen LogP contribution in [0.3, 0.4) is 0 Å². The predicted molar refractivity (Wildman–Crippen MR) is 69.5 cm³/mol. The molecule has 3 N–H and O–H groups in total. The van der Waals surface area contributed by atoms with E-state index in [0.717, 1.165) is 12.8 Å². The number of rotatable bonds is 3. The number of nitrogens with one attached hydrogen (secondary N) is 1. The van der Waals surface area contributed by atoms with E-state index in [1.54, 1.807) is 7.05 Å². The van der Waals surface area contributed by atoms with Crippen molar-refractivity contribution in [2.75, 3.05) is 18.2 Å². The number of hydrogen-bond donors (Lipinski definition) is 2. The first kappa shape index (κ1) is 12.7. The molecule has 2 rings (SSSR count). The molecule has 1 fully saturated rings. The normalized spacial score (nSPS) is 16.6. The average molecular weight is 252 g/mol. The molecule has 100 valence electrons. The minimum Gasteiger partial charge on any atom is -0.465 e. The third-order valence-electron chi connectivity index (χ3n) is 3.43. The molecule has 0 saturated heterocycles. The number of nitrogen functional groups attached to an aromatic ring is 1. The number of hydrogen-bond acceptors (Lipinski definition) is 5. The molecule has 1 aromatic heterocycles. The van der Waals surface area contributed by atoms with Crippen LogP contribution < -0.4 is 11.1 Å². The summed E-state index contributed by atoms with van der Waals surface area (Å²) in [7, 11) is 3.06. The maximum Gasteiger partial charge on any atom is 0.345 e. The van der Waals surface area contributed by atoms with Crippen LogP contribution in [0.25, 0.3) is 0 Å². The molecular weight excluding hydrogens is 232 g/mol. The number of anilines is 2. The SMILES string of the molecule is COC(=O)c1c(NC2CCCCC2)nn(C)c1N. The van der Waals surface area contributed by atoms with Crippen molar-refractivity contribution < 1.29 is 9.53 Å². The molecule has 18 heavy (non-hydrogen) atoms. The summed E-state index contributed by atoms with van der Waals surface area (Å²) in [5, 5.41) is 7.57. The molecule has 1 aromatic rings. The van der Waals surface area contributed by atoms with Crippen LogP contribution in [0.5, 0.6) is 0 Å². The fourth-order valence-corrected chi connectivity index (χ4v) is 2.38. The van der Waals surface area contributed by atoms with Gasteiger partial charge in [0.1, 0.15) is 11.4 Å². The summed E-state index contributed by atoms with van der Waals surface area (Å²) in [6.07, 6.45) is 5.93. The second-order valence-corrected chi connectivity index (χ2v) is 4.70. The van der Waals surface area contributed by atoms with Gasteiger partial charge in [-0.25, -0.2) is 4.79 Å². The molecule has 1 heterocycles. The van der Waals surface area contributed by atoms with Gasteiger partial charge in [0.05, 0.1) is 7.11 Å². The Balaban J connectivity index is 2.20. The van der Waals surface area contributed by atoms with Crippen molar-refractivity contribution in [1.82, 2.24) is 9.78 Å². The van der Waals surface area contributed by atoms with Gasteiger partial charge < -0.3 is 15.8 Å². The molecule has 1 aliphatic rings. The Morgan fingerprint density at radius 3 is 2.72 bits per heavy atom. The predicted octanol–water partition coefficient (Wildman–Crippen LogP) is 1.53. The molecule has 0 atom stereocenters. The van der Waals surface area contributed by atoms with E-state index in [1.165, 1.54) is 31.1 Å². The van der Waals surface area contributed by atoms with E-state index in [9.17, 15) is 4.79 Å². The van der Waals surface area contributed by atoms with Crippen LogP contribution in [-0.2, 0) is 11.8 Å². The van der Waals surface area contributed by atoms with Crippen molar-refractivity contribution in [2.45, 2.75) is 38.1 Å². The van der Waals surface area contributed by atoms with Crippen LogP contribution in [0.1, 0.15) is 42.5 Å². The van der Waals surface area contributed by atoms with Crippen molar-refractivity contribution in [2.24, 2.45) is 7.05 Å². The van der Waals surface area contributed by atoms with Gasteiger partial charge in [-0.1, -0.05) is 19.3 Å². The summed E-state index contributed by atoms with van der Waals surface area (Å²) in [6.45, 7) is 0. The Labute approximate surface area is 106 Å². The van der Waals surface area contributed by atoms with Crippen LogP contribution in [0, 0.1) is 0 Å². The van der Waals surface area contributed by atoms with Crippen molar-refractivity contribution in [3.63, 3.8) is 0 Å². The van der Waals surface area contributed by atoms with E-state index in [0.29, 0.717) is 23.2 Å². The Morgan fingerprint density at radius 1 is 1.44 bits per heavy atom. The molecule has 1 saturated carbocycles. The highest BCUT2D eigenvalue weighted by Crippen LogP contribution is 2.26. The van der Waals surface area contributed by atoms with Crippen molar-refractivity contribution in [1.29, 1.82) is 0 Å². The number of carbonyl (C=O) groups excluding carboxylic acids is 1. The number of aryl methyl sites for hydroxylation is 1. The van der Waals surface area contributed by atoms with Gasteiger partial charge in [0.2, 0.25) is 0 Å². The fourth-order valence-electron chi connectivity index (χ4n) is 2.38. The zero-order valence-electron chi connectivity index (χ0n) is 10.9. The Morgan fingerprint density at radius 2 is 2.11 bits per heavy atom. The lowest BCUT2D eigenvalue weighted by atomic mass is 9.95. The largest absolute Gasteiger partial charge is 0.465 e. The second kappa shape index (κ2) is 5.29. The van der Waals surface area contributed by atoms with Gasteiger partial charge >= 0.3 is 5.97 Å². The van der Waals surface area contributed by atoms with Crippen LogP contribution in [-0.4, -0.2) is 28.9 Å². The van der Waals surface area contributed by atoms with Crippen molar-refractivity contribution in [3.8, 4) is 0 Å². The number of nitrogens with zero attached hydrogens (tertiary/aromatic N) is 2. The molecular formula is C12H20N4O2. The Hall–Kier alpha value is -1.72. The maximum absolute atomic E-state index is 11.7. The van der Waals surface area contributed by atoms with E-state index >= 15 is 0 Å². The molecule has 0 spiro atoms. The van der Waals surface area contributed by atoms with E-state index in [4.69, 9.17) is 10.5 Å². The third kappa shape index (κ3) is 2.42. The molecule has 0 amide bonds. The van der Waals surface area contributed by atoms with E-state index in [-0.39, 0.29) is 0 Å². The number of nitrogens with two attached hydrogens (primary N) is 1. The van der Waals surface area contributed by atoms with Crippen molar-refractivity contribution >= 4 is 17.6 Å². The monoisotopic (exact) mass is 252 g/mol. The molecule has 6 heteroatoms. The molecule has 0 aliphatic heterocycles. The zero-order chi connectivity index (χ0) is 13.1. The van der Waals surface area contributed by atoms with Gasteiger partial charge in [0, 0.05) is 13.1 Å². The van der Waals surface area contributed by atoms with E-state index in [2.05, 4.69) is 10.4 Å². The lowest BCUT2D eigenvalue weighted by Crippen LogP contribution is -2.23. The fraction of sp³-hybridized carbons (Fsp3) is 0.667. The van der Waals surface area contributed by atoms with E-state index < -0.39 is 5.97 Å². The highest BCUT2D eigenvalue weighted by atomic mass is 16.5. The number of aromatic nitrogens is 2. The molecule has 0 radical (unpaired) electrons. The van der Waals surface area contributed by atoms with Crippen LogP contribution >= 0.6 is 0 Å². The first-order valence-electron chi connectivity index (χ1n) is 6.30. The van der Waals surface area contributed by atoms with Crippen molar-refractivity contribution in [3.05, 3.63) is 5.56 Å². The summed E-state index contributed by atoms with van der Waals surface area (Å²) in [4.78, 5) is 11.7. The number of carbonyl (C=O) groups is 1. The van der Waals surface area contributed by atoms with Gasteiger partial charge in [0.25, 0.3) is 0 Å². The quantitative estimate of drug-likeness (QED) is 0.797. The molecule has 0 unspecified atom stereocenters. The number of esters is 1. The number of methoxy groups -OCH3 is 1. The highest BCUT2D eigenvalue weighted by Gasteiger charge is 2.24. The van der Waals surface area contributed by atoms with Crippen LogP contribution in [0.2, 0.25) is 0 Å². The lowest BCUT2D eigenvalue weighted by Gasteiger charge is -2.22. The van der Waals surface area contributed by atoms with Gasteiger partial charge in [0.15, 0.2) is 5.82 Å². The minimum absolute atomic E-state index is 0.333. The standard InChI is InChI=1S/C12H20N4O2/c1-16-10(13)9(12(17)18-2)11(15-16)14-8-6-4-3-5-7-8/h8H,3-7,13H2,1-2H3,(H,14,15). The van der Waals surface area contributed by atoms with E-state index in [1.807, 2.05) is 0 Å². The highest BCUT2D eigenvalue weighted by molar-refractivity contribution is 5.99. The summed E-state index contributed by atoms with van der Waals surface area (Å²) in [5.74, 6) is 0.424. The summed E-state index contributed by atoms with van der Waals surface area (Å²) in [5.41, 5.74) is 6.18. The van der Waals surface area contributed by atoms with Gasteiger partial charge in [-0.3, -0.25) is 4.68 Å². The van der Waals surface area contributed by atoms with Crippen LogP contribution in [0.4, 0.5) is 11.6 Å². The zero-order valence-corrected chi connectivity index (χ0v) is 10.9. The first-order chi connectivity index (χ1) is 8.63. The first-order valence-corrected chi connectivity index (χ1v) is 6.30. The second-order valence-electron chi connectivity index (χ2n) is 4.70. The summed E-state index contributed by atoms with van der Waals surface area (Å²) >= 11 is 0. The van der Waals surface area contributed by atoms with Gasteiger partial charge in [-0.2, -0.15) is 5.10 Å². The summed E-state index contributed by atoms with van der Waals surface area (Å²) < 4.78 is 6.25. The maximum atomic E-state index is 11.7. The topological polar surface area (TPSA) is 82.2 Å². The Kier molecular flexibility index (Phi) is 3.74. The third-order valence-corrected chi connectivity index (χ3v) is 3.43. The number of ether oxygens (including phenoxy) is 1. The average Bonchev–Trinajstić information content (AvgIpc) is 2.65. The van der Waals surface area contributed by atoms with Gasteiger partial charge in [-0.05, 0) is 12.8 Å².